The van der Waals surface area contributed by atoms with Gasteiger partial charge in [0.25, 0.3) is 5.91 Å². The molecule has 24 heavy (non-hydrogen) atoms. The second-order valence-electron chi connectivity index (χ2n) is 4.52. The Bertz CT molecular complexity index is 706. The highest BCUT2D eigenvalue weighted by atomic mass is 19.4. The molecule has 2 amide bonds. The van der Waals surface area contributed by atoms with Gasteiger partial charge >= 0.3 is 12.3 Å². The number of nitrogens with zero attached hydrogens (tertiary/aromatic N) is 1. The average molecular weight is 341 g/mol. The molecule has 1 aromatic rings. The van der Waals surface area contributed by atoms with E-state index in [-0.39, 0.29) is 12.3 Å². The molecule has 0 saturated carbocycles. The van der Waals surface area contributed by atoms with Gasteiger partial charge < -0.3 is 10.1 Å². The number of alkyl carbamates (subject to hydrolysis) is 1. The molecule has 0 heterocycles. The summed E-state index contributed by atoms with van der Waals surface area (Å²) in [4.78, 5) is 22.8. The molecule has 0 saturated heterocycles. The first-order valence-corrected chi connectivity index (χ1v) is 6.71. The Morgan fingerprint density at radius 2 is 2.04 bits per heavy atom. The van der Waals surface area contributed by atoms with Gasteiger partial charge in [0.05, 0.1) is 12.2 Å². The van der Waals surface area contributed by atoms with E-state index >= 15 is 0 Å². The number of halogens is 3. The maximum absolute atomic E-state index is 12.7. The Morgan fingerprint density at radius 1 is 1.38 bits per heavy atom. The highest BCUT2D eigenvalue weighted by Crippen LogP contribution is 2.32. The molecule has 0 aromatic heterocycles. The number of aryl methyl sites for hydroxylation is 1. The molecule has 0 aliphatic heterocycles. The van der Waals surface area contributed by atoms with Gasteiger partial charge in [0.15, 0.2) is 0 Å². The van der Waals surface area contributed by atoms with Crippen LogP contribution in [0.3, 0.4) is 0 Å². The van der Waals surface area contributed by atoms with Crippen molar-refractivity contribution in [1.29, 1.82) is 5.26 Å². The number of nitriles is 1. The van der Waals surface area contributed by atoms with Crippen LogP contribution in [0.4, 0.5) is 23.7 Å². The number of anilines is 1. The van der Waals surface area contributed by atoms with Gasteiger partial charge in [-0.15, -0.1) is 0 Å². The first-order valence-electron chi connectivity index (χ1n) is 6.71. The molecule has 1 rings (SSSR count). The van der Waals surface area contributed by atoms with Gasteiger partial charge in [0.2, 0.25) is 0 Å². The number of carbonyl (C=O) groups is 2. The Kier molecular flexibility index (Phi) is 6.35. The van der Waals surface area contributed by atoms with Crippen molar-refractivity contribution in [2.24, 2.45) is 0 Å². The lowest BCUT2D eigenvalue weighted by Gasteiger charge is -2.11. The molecule has 0 bridgehead atoms. The molecule has 0 radical (unpaired) electrons. The summed E-state index contributed by atoms with van der Waals surface area (Å²) in [5.41, 5.74) is -0.831. The standard InChI is InChI=1S/C15H14F3N3O3/c1-3-24-14(23)21-13(22)10(7-19)8-20-12-6-11(15(16,17)18)5-4-9(12)2/h4-6,8,20H,3H2,1-2H3,(H,21,22,23)/b10-8-. The van der Waals surface area contributed by atoms with Crippen molar-refractivity contribution in [3.8, 4) is 6.07 Å². The summed E-state index contributed by atoms with van der Waals surface area (Å²) in [5, 5.41) is 13.2. The van der Waals surface area contributed by atoms with Crippen molar-refractivity contribution >= 4 is 17.7 Å². The first-order chi connectivity index (χ1) is 11.2. The molecule has 0 spiro atoms. The highest BCUT2D eigenvalue weighted by molar-refractivity contribution is 6.05. The number of benzene rings is 1. The summed E-state index contributed by atoms with van der Waals surface area (Å²) >= 11 is 0. The maximum atomic E-state index is 12.7. The first kappa shape index (κ1) is 19.0. The van der Waals surface area contributed by atoms with E-state index in [0.717, 1.165) is 18.3 Å². The molecule has 0 fully saturated rings. The third kappa shape index (κ3) is 5.31. The largest absolute Gasteiger partial charge is 0.450 e. The van der Waals surface area contributed by atoms with Crippen molar-refractivity contribution in [3.63, 3.8) is 0 Å². The number of hydrogen-bond donors (Lipinski definition) is 2. The molecule has 6 nitrogen and oxygen atoms in total. The van der Waals surface area contributed by atoms with Gasteiger partial charge in [-0.05, 0) is 31.5 Å². The molecule has 128 valence electrons. The molecular weight excluding hydrogens is 327 g/mol. The van der Waals surface area contributed by atoms with Crippen molar-refractivity contribution in [3.05, 3.63) is 41.1 Å². The molecule has 2 N–H and O–H groups in total. The monoisotopic (exact) mass is 341 g/mol. The van der Waals surface area contributed by atoms with Crippen molar-refractivity contribution < 1.29 is 27.5 Å². The van der Waals surface area contributed by atoms with Gasteiger partial charge in [-0.1, -0.05) is 6.07 Å². The SMILES string of the molecule is CCOC(=O)NC(=O)/C(C#N)=C\Nc1cc(C(F)(F)F)ccc1C. The lowest BCUT2D eigenvalue weighted by Crippen LogP contribution is -2.32. The molecule has 0 aliphatic rings. The van der Waals surface area contributed by atoms with Crippen LogP contribution in [0, 0.1) is 18.3 Å². The van der Waals surface area contributed by atoms with Crippen LogP contribution in [-0.4, -0.2) is 18.6 Å². The molecular formula is C15H14F3N3O3. The lowest BCUT2D eigenvalue weighted by molar-refractivity contribution is -0.137. The van der Waals surface area contributed by atoms with E-state index in [1.165, 1.54) is 13.0 Å². The van der Waals surface area contributed by atoms with Crippen molar-refractivity contribution in [1.82, 2.24) is 5.32 Å². The number of amides is 2. The fourth-order valence-electron chi connectivity index (χ4n) is 1.58. The van der Waals surface area contributed by atoms with E-state index in [4.69, 9.17) is 5.26 Å². The van der Waals surface area contributed by atoms with Crippen LogP contribution in [-0.2, 0) is 15.7 Å². The second kappa shape index (κ2) is 8.01. The lowest BCUT2D eigenvalue weighted by atomic mass is 10.1. The predicted molar refractivity (Wildman–Crippen MR) is 78.7 cm³/mol. The number of nitrogens with one attached hydrogen (secondary N) is 2. The molecule has 0 aliphatic carbocycles. The number of imide groups is 1. The molecule has 0 atom stereocenters. The van der Waals surface area contributed by atoms with E-state index in [9.17, 15) is 22.8 Å². The smallest absolute Gasteiger partial charge is 0.416 e. The summed E-state index contributed by atoms with van der Waals surface area (Å²) in [6.07, 6.45) is -4.64. The third-order valence-corrected chi connectivity index (χ3v) is 2.79. The van der Waals surface area contributed by atoms with Gasteiger partial charge in [-0.2, -0.15) is 18.4 Å². The van der Waals surface area contributed by atoms with Crippen LogP contribution < -0.4 is 10.6 Å². The van der Waals surface area contributed by atoms with Crippen LogP contribution in [0.1, 0.15) is 18.1 Å². The van der Waals surface area contributed by atoms with Gasteiger partial charge in [-0.25, -0.2) is 4.79 Å². The van der Waals surface area contributed by atoms with Crippen molar-refractivity contribution in [2.45, 2.75) is 20.0 Å². The summed E-state index contributed by atoms with van der Waals surface area (Å²) in [6, 6.07) is 4.56. The Morgan fingerprint density at radius 3 is 2.58 bits per heavy atom. The quantitative estimate of drug-likeness (QED) is 0.649. The minimum Gasteiger partial charge on any atom is -0.450 e. The topological polar surface area (TPSA) is 91.2 Å². The van der Waals surface area contributed by atoms with Crippen molar-refractivity contribution in [2.75, 3.05) is 11.9 Å². The zero-order valence-electron chi connectivity index (χ0n) is 12.8. The minimum absolute atomic E-state index is 0.0341. The fraction of sp³-hybridized carbons (Fsp3) is 0.267. The van der Waals surface area contributed by atoms with E-state index in [1.54, 1.807) is 13.0 Å². The Labute approximate surface area is 135 Å². The van der Waals surface area contributed by atoms with E-state index < -0.39 is 29.3 Å². The number of rotatable bonds is 4. The number of ether oxygens (including phenoxy) is 1. The molecule has 9 heteroatoms. The van der Waals surface area contributed by atoms with Gasteiger partial charge in [-0.3, -0.25) is 10.1 Å². The van der Waals surface area contributed by atoms with Crippen LogP contribution >= 0.6 is 0 Å². The highest BCUT2D eigenvalue weighted by Gasteiger charge is 2.30. The average Bonchev–Trinajstić information content (AvgIpc) is 2.48. The predicted octanol–water partition coefficient (Wildman–Crippen LogP) is 3.11. The third-order valence-electron chi connectivity index (χ3n) is 2.79. The van der Waals surface area contributed by atoms with Crippen LogP contribution in [0.2, 0.25) is 0 Å². The fourth-order valence-corrected chi connectivity index (χ4v) is 1.58. The summed E-state index contributed by atoms with van der Waals surface area (Å²) < 4.78 is 42.6. The normalized spacial score (nSPS) is 11.4. The van der Waals surface area contributed by atoms with Crippen LogP contribution in [0.5, 0.6) is 0 Å². The van der Waals surface area contributed by atoms with E-state index in [2.05, 4.69) is 10.1 Å². The Hall–Kier alpha value is -3.02. The molecule has 1 aromatic carbocycles. The number of hydrogen-bond acceptors (Lipinski definition) is 5. The number of carbonyl (C=O) groups excluding carboxylic acids is 2. The minimum atomic E-state index is -4.52. The Balaban J connectivity index is 2.95. The molecule has 0 unspecified atom stereocenters. The second-order valence-corrected chi connectivity index (χ2v) is 4.52. The van der Waals surface area contributed by atoms with E-state index in [1.807, 2.05) is 5.32 Å². The summed E-state index contributed by atoms with van der Waals surface area (Å²) in [6.45, 7) is 3.12. The summed E-state index contributed by atoms with van der Waals surface area (Å²) in [5.74, 6) is -1.03. The van der Waals surface area contributed by atoms with Crippen LogP contribution in [0.15, 0.2) is 30.0 Å². The zero-order chi connectivity index (χ0) is 18.3. The zero-order valence-corrected chi connectivity index (χ0v) is 12.8. The van der Waals surface area contributed by atoms with Gasteiger partial charge in [0, 0.05) is 11.9 Å². The van der Waals surface area contributed by atoms with Gasteiger partial charge in [0.1, 0.15) is 11.6 Å². The summed E-state index contributed by atoms with van der Waals surface area (Å²) in [7, 11) is 0. The maximum Gasteiger partial charge on any atom is 0.416 e. The number of alkyl halides is 3. The van der Waals surface area contributed by atoms with Crippen LogP contribution in [0.25, 0.3) is 0 Å². The van der Waals surface area contributed by atoms with E-state index in [0.29, 0.717) is 5.56 Å².